The Balaban J connectivity index is 0. The Labute approximate surface area is 211 Å². The number of hydrogen-bond donors (Lipinski definition) is 1. The molecule has 0 aromatic carbocycles. The van der Waals surface area contributed by atoms with Crippen molar-refractivity contribution in [2.24, 2.45) is 0 Å². The van der Waals surface area contributed by atoms with Crippen LogP contribution in [-0.4, -0.2) is 29.9 Å². The molecule has 0 bridgehead atoms. The molecule has 0 saturated carbocycles. The van der Waals surface area contributed by atoms with Crippen LogP contribution in [0, 0.1) is 0 Å². The molecule has 0 aromatic rings. The SMILES string of the molecule is CCCCCCC(CCCCCCCCCCCCCCO)S(=O)(=O)[O-].[K+]. The van der Waals surface area contributed by atoms with Crippen LogP contribution in [0.1, 0.15) is 122 Å². The van der Waals surface area contributed by atoms with E-state index in [4.69, 9.17) is 5.11 Å². The predicted molar refractivity (Wildman–Crippen MR) is 109 cm³/mol. The molecule has 0 fully saturated rings. The molecule has 158 valence electrons. The summed E-state index contributed by atoms with van der Waals surface area (Å²) in [5.41, 5.74) is 0. The van der Waals surface area contributed by atoms with E-state index in [1.165, 1.54) is 44.9 Å². The molecule has 0 spiro atoms. The van der Waals surface area contributed by atoms with Crippen molar-refractivity contribution in [3.63, 3.8) is 0 Å². The number of rotatable bonds is 20. The van der Waals surface area contributed by atoms with Crippen LogP contribution in [0.3, 0.4) is 0 Å². The van der Waals surface area contributed by atoms with Crippen molar-refractivity contribution < 1.29 is 69.5 Å². The Bertz CT molecular complexity index is 388. The third kappa shape index (κ3) is 22.0. The molecule has 0 saturated heterocycles. The molecule has 0 amide bonds. The summed E-state index contributed by atoms with van der Waals surface area (Å²) in [4.78, 5) is 0. The normalized spacial score (nSPS) is 12.7. The van der Waals surface area contributed by atoms with Crippen LogP contribution in [0.5, 0.6) is 0 Å². The van der Waals surface area contributed by atoms with Crippen LogP contribution >= 0.6 is 0 Å². The molecule has 1 N–H and O–H groups in total. The van der Waals surface area contributed by atoms with Gasteiger partial charge in [-0.05, 0) is 19.3 Å². The smallest absolute Gasteiger partial charge is 0.748 e. The van der Waals surface area contributed by atoms with Crippen LogP contribution in [0.2, 0.25) is 0 Å². The van der Waals surface area contributed by atoms with E-state index >= 15 is 0 Å². The van der Waals surface area contributed by atoms with E-state index in [2.05, 4.69) is 6.92 Å². The van der Waals surface area contributed by atoms with E-state index in [9.17, 15) is 13.0 Å². The van der Waals surface area contributed by atoms with Gasteiger partial charge in [-0.1, -0.05) is 103 Å². The Morgan fingerprint density at radius 1 is 0.667 bits per heavy atom. The van der Waals surface area contributed by atoms with Gasteiger partial charge in [0.2, 0.25) is 0 Å². The number of hydrogen-bond acceptors (Lipinski definition) is 4. The van der Waals surface area contributed by atoms with Crippen molar-refractivity contribution in [3.8, 4) is 0 Å². The van der Waals surface area contributed by atoms with E-state index in [0.717, 1.165) is 57.8 Å². The molecule has 0 heterocycles. The molecular weight excluding hydrogens is 387 g/mol. The van der Waals surface area contributed by atoms with E-state index in [0.29, 0.717) is 19.4 Å². The van der Waals surface area contributed by atoms with Crippen molar-refractivity contribution in [1.82, 2.24) is 0 Å². The number of aliphatic hydroxyl groups excluding tert-OH is 1. The second-order valence-electron chi connectivity index (χ2n) is 7.72. The molecule has 0 aliphatic heterocycles. The van der Waals surface area contributed by atoms with Crippen molar-refractivity contribution >= 4 is 10.1 Å². The molecule has 0 aromatic heterocycles. The third-order valence-electron chi connectivity index (χ3n) is 5.22. The van der Waals surface area contributed by atoms with Crippen LogP contribution < -0.4 is 51.4 Å². The van der Waals surface area contributed by atoms with Gasteiger partial charge in [-0.15, -0.1) is 0 Å². The minimum absolute atomic E-state index is 0. The fourth-order valence-corrected chi connectivity index (χ4v) is 4.39. The van der Waals surface area contributed by atoms with Gasteiger partial charge >= 0.3 is 51.4 Å². The predicted octanol–water partition coefficient (Wildman–Crippen LogP) is 2.94. The Hall–Kier alpha value is 1.51. The first kappa shape index (κ1) is 30.7. The summed E-state index contributed by atoms with van der Waals surface area (Å²) in [5, 5.41) is 8.05. The zero-order chi connectivity index (χ0) is 19.5. The number of unbranched alkanes of at least 4 members (excludes halogenated alkanes) is 14. The van der Waals surface area contributed by atoms with Gasteiger partial charge in [-0.25, -0.2) is 8.42 Å². The topological polar surface area (TPSA) is 77.4 Å². The molecule has 4 nitrogen and oxygen atoms in total. The standard InChI is InChI=1S/C21H44O4S.K/c1-2-3-4-15-18-21(26(23,24)25)19-16-13-11-9-7-5-6-8-10-12-14-17-20-22;/h21-22H,2-20H2,1H3,(H,23,24,25);/q;+1/p-1. The third-order valence-corrected chi connectivity index (χ3v) is 6.51. The summed E-state index contributed by atoms with van der Waals surface area (Å²) in [6, 6.07) is 0. The van der Waals surface area contributed by atoms with Crippen molar-refractivity contribution in [3.05, 3.63) is 0 Å². The zero-order valence-corrected chi connectivity index (χ0v) is 22.0. The van der Waals surface area contributed by atoms with Gasteiger partial charge in [-0.3, -0.25) is 0 Å². The first-order valence-electron chi connectivity index (χ1n) is 11.1. The molecule has 0 rings (SSSR count). The van der Waals surface area contributed by atoms with Crippen molar-refractivity contribution in [1.29, 1.82) is 0 Å². The van der Waals surface area contributed by atoms with Crippen LogP contribution in [0.4, 0.5) is 0 Å². The summed E-state index contributed by atoms with van der Waals surface area (Å²) in [7, 11) is -4.13. The van der Waals surface area contributed by atoms with E-state index in [1.54, 1.807) is 0 Å². The van der Waals surface area contributed by atoms with E-state index < -0.39 is 15.4 Å². The second-order valence-corrected chi connectivity index (χ2v) is 9.37. The maximum Gasteiger partial charge on any atom is 1.00 e. The molecule has 1 unspecified atom stereocenters. The van der Waals surface area contributed by atoms with Gasteiger partial charge in [0.05, 0.1) is 10.1 Å². The average Bonchev–Trinajstić information content (AvgIpc) is 2.59. The van der Waals surface area contributed by atoms with Crippen LogP contribution in [-0.2, 0) is 10.1 Å². The molecule has 0 radical (unpaired) electrons. The maximum atomic E-state index is 11.4. The molecule has 0 aliphatic rings. The van der Waals surface area contributed by atoms with Gasteiger partial charge in [0.1, 0.15) is 0 Å². The molecule has 6 heteroatoms. The molecule has 1 atom stereocenters. The van der Waals surface area contributed by atoms with Crippen molar-refractivity contribution in [2.75, 3.05) is 6.61 Å². The van der Waals surface area contributed by atoms with Gasteiger partial charge in [0.15, 0.2) is 0 Å². The minimum atomic E-state index is -4.13. The molecular formula is C21H43KO4S. The summed E-state index contributed by atoms with van der Waals surface area (Å²) in [6.45, 7) is 2.45. The van der Waals surface area contributed by atoms with Gasteiger partial charge < -0.3 is 9.66 Å². The largest absolute Gasteiger partial charge is 1.00 e. The maximum absolute atomic E-state index is 11.4. The Morgan fingerprint density at radius 2 is 1.00 bits per heavy atom. The summed E-state index contributed by atoms with van der Waals surface area (Å²) in [5.74, 6) is 0. The summed E-state index contributed by atoms with van der Waals surface area (Å²) < 4.78 is 34.1. The zero-order valence-electron chi connectivity index (χ0n) is 18.1. The van der Waals surface area contributed by atoms with Crippen molar-refractivity contribution in [2.45, 2.75) is 128 Å². The fourth-order valence-electron chi connectivity index (χ4n) is 3.48. The average molecular weight is 431 g/mol. The van der Waals surface area contributed by atoms with Gasteiger partial charge in [0, 0.05) is 11.9 Å². The van der Waals surface area contributed by atoms with Gasteiger partial charge in [-0.2, -0.15) is 0 Å². The second kappa shape index (κ2) is 22.2. The quantitative estimate of drug-likeness (QED) is 0.183. The van der Waals surface area contributed by atoms with Crippen LogP contribution in [0.15, 0.2) is 0 Å². The molecule has 27 heavy (non-hydrogen) atoms. The van der Waals surface area contributed by atoms with E-state index in [1.807, 2.05) is 0 Å². The van der Waals surface area contributed by atoms with E-state index in [-0.39, 0.29) is 51.4 Å². The Morgan fingerprint density at radius 3 is 1.33 bits per heavy atom. The minimum Gasteiger partial charge on any atom is -0.748 e. The monoisotopic (exact) mass is 430 g/mol. The Kier molecular flexibility index (Phi) is 25.2. The molecule has 0 aliphatic carbocycles. The summed E-state index contributed by atoms with van der Waals surface area (Å²) in [6.07, 6.45) is 19.3. The first-order valence-corrected chi connectivity index (χ1v) is 12.5. The number of aliphatic hydroxyl groups is 1. The first-order chi connectivity index (χ1) is 12.5. The summed E-state index contributed by atoms with van der Waals surface area (Å²) >= 11 is 0. The van der Waals surface area contributed by atoms with Gasteiger partial charge in [0.25, 0.3) is 0 Å². The fraction of sp³-hybridized carbons (Fsp3) is 1.00. The van der Waals surface area contributed by atoms with Crippen LogP contribution in [0.25, 0.3) is 0 Å².